The fraction of sp³-hybridized carbons (Fsp3) is 0.818. The van der Waals surface area contributed by atoms with Crippen molar-refractivity contribution in [2.45, 2.75) is 69.7 Å². The number of aliphatic hydroxyl groups is 1. The van der Waals surface area contributed by atoms with Crippen LogP contribution in [0.5, 0.6) is 0 Å². The summed E-state index contributed by atoms with van der Waals surface area (Å²) in [4.78, 5) is 4.23. The molecule has 3 aliphatic rings. The highest BCUT2D eigenvalue weighted by atomic mass is 16.5. The summed E-state index contributed by atoms with van der Waals surface area (Å²) >= 11 is 0. The molecule has 31 heavy (non-hydrogen) atoms. The number of aliphatic hydroxyl groups excluding tert-OH is 1. The van der Waals surface area contributed by atoms with E-state index in [-0.39, 0.29) is 24.4 Å². The van der Waals surface area contributed by atoms with Crippen molar-refractivity contribution in [1.29, 1.82) is 0 Å². The van der Waals surface area contributed by atoms with Crippen molar-refractivity contribution in [2.24, 2.45) is 11.7 Å². The molecule has 9 nitrogen and oxygen atoms in total. The van der Waals surface area contributed by atoms with E-state index in [0.717, 1.165) is 44.7 Å². The molecular formula is C22H42N6O3. The number of nitrogens with zero attached hydrogens (tertiary/aromatic N) is 2. The molecule has 2 aliphatic heterocycles. The van der Waals surface area contributed by atoms with E-state index in [2.05, 4.69) is 47.6 Å². The van der Waals surface area contributed by atoms with Crippen LogP contribution in [0.1, 0.15) is 33.1 Å². The second kappa shape index (κ2) is 11.6. The quantitative estimate of drug-likeness (QED) is 0.302. The lowest BCUT2D eigenvalue weighted by Gasteiger charge is -2.42. The minimum absolute atomic E-state index is 0.122. The molecule has 0 spiro atoms. The van der Waals surface area contributed by atoms with Crippen LogP contribution in [0.4, 0.5) is 0 Å². The van der Waals surface area contributed by atoms with E-state index in [1.807, 2.05) is 4.90 Å². The second-order valence-electron chi connectivity index (χ2n) is 9.15. The van der Waals surface area contributed by atoms with Gasteiger partial charge in [0.2, 0.25) is 0 Å². The Morgan fingerprint density at radius 2 is 2.19 bits per heavy atom. The highest BCUT2D eigenvalue weighted by Crippen LogP contribution is 2.33. The Morgan fingerprint density at radius 3 is 2.87 bits per heavy atom. The maximum absolute atomic E-state index is 10.5. The Kier molecular flexibility index (Phi) is 9.15. The zero-order chi connectivity index (χ0) is 22.4. The third-order valence-corrected chi connectivity index (χ3v) is 6.64. The van der Waals surface area contributed by atoms with Gasteiger partial charge in [-0.15, -0.1) is 0 Å². The topological polar surface area (TPSA) is 107 Å². The van der Waals surface area contributed by atoms with Gasteiger partial charge in [-0.2, -0.15) is 0 Å². The SMILES string of the molecule is C=CN[C@H](CC(N)N1CCN(CCOC)[C@H](O)C1)C1NN[C@@H]2CC=C(OC(C)C)C[C@H]12. The molecule has 0 amide bonds. The van der Waals surface area contributed by atoms with E-state index in [0.29, 0.717) is 25.1 Å². The third kappa shape index (κ3) is 6.41. The normalized spacial score (nSPS) is 31.7. The maximum atomic E-state index is 10.5. The van der Waals surface area contributed by atoms with Crippen LogP contribution in [0.3, 0.4) is 0 Å². The van der Waals surface area contributed by atoms with E-state index in [1.54, 1.807) is 13.3 Å². The molecule has 0 bridgehead atoms. The van der Waals surface area contributed by atoms with Gasteiger partial charge < -0.3 is 25.6 Å². The van der Waals surface area contributed by atoms with E-state index < -0.39 is 6.23 Å². The Labute approximate surface area is 187 Å². The molecular weight excluding hydrogens is 396 g/mol. The number of β-amino-alcohol motifs (C(OH)–C–C–N with tert-alkyl or cyclic N) is 1. The molecule has 2 heterocycles. The average molecular weight is 439 g/mol. The lowest BCUT2D eigenvalue weighted by molar-refractivity contribution is -0.0746. The number of piperazine rings is 1. The predicted octanol–water partition coefficient (Wildman–Crippen LogP) is -0.0907. The molecule has 0 saturated carbocycles. The van der Waals surface area contributed by atoms with Crippen molar-refractivity contribution in [3.8, 4) is 0 Å². The molecule has 2 saturated heterocycles. The van der Waals surface area contributed by atoms with Crippen molar-refractivity contribution in [3.05, 3.63) is 24.6 Å². The molecule has 1 aliphatic carbocycles. The zero-order valence-electron chi connectivity index (χ0n) is 19.3. The molecule has 6 N–H and O–H groups in total. The average Bonchev–Trinajstić information content (AvgIpc) is 3.15. The van der Waals surface area contributed by atoms with Gasteiger partial charge in [0.15, 0.2) is 0 Å². The third-order valence-electron chi connectivity index (χ3n) is 6.64. The Hall–Kier alpha value is -1.20. The molecule has 0 aromatic rings. The molecule has 9 heteroatoms. The number of nitrogens with two attached hydrogens (primary N) is 1. The van der Waals surface area contributed by atoms with Gasteiger partial charge in [0.25, 0.3) is 0 Å². The molecule has 0 aromatic heterocycles. The standard InChI is InChI=1S/C22H42N6O3/c1-5-24-19(13-20(23)28-9-8-27(10-11-30-4)21(29)14-28)22-17-12-16(31-15(2)3)6-7-18(17)25-26-22/h5-6,15,17-22,24-26,29H,1,7-14,23H2,2-4H3/t17-,18+,19+,20?,21+,22?/m0/s1. The van der Waals surface area contributed by atoms with E-state index in [1.165, 1.54) is 0 Å². The lowest BCUT2D eigenvalue weighted by Crippen LogP contribution is -2.60. The summed E-state index contributed by atoms with van der Waals surface area (Å²) in [5.74, 6) is 1.50. The minimum Gasteiger partial charge on any atom is -0.496 e. The summed E-state index contributed by atoms with van der Waals surface area (Å²) in [6, 6.07) is 0.722. The van der Waals surface area contributed by atoms with Gasteiger partial charge in [0.1, 0.15) is 6.23 Å². The van der Waals surface area contributed by atoms with Gasteiger partial charge in [0, 0.05) is 63.8 Å². The van der Waals surface area contributed by atoms with Gasteiger partial charge in [-0.1, -0.05) is 6.58 Å². The first kappa shape index (κ1) is 24.4. The molecule has 0 radical (unpaired) electrons. The second-order valence-corrected chi connectivity index (χ2v) is 9.15. The fourth-order valence-electron chi connectivity index (χ4n) is 5.01. The Bertz CT molecular complexity index is 604. The van der Waals surface area contributed by atoms with Crippen LogP contribution in [0.15, 0.2) is 24.6 Å². The fourth-order valence-corrected chi connectivity index (χ4v) is 5.01. The highest BCUT2D eigenvalue weighted by Gasteiger charge is 2.43. The smallest absolute Gasteiger partial charge is 0.120 e. The summed E-state index contributed by atoms with van der Waals surface area (Å²) in [7, 11) is 1.68. The van der Waals surface area contributed by atoms with E-state index in [4.69, 9.17) is 15.2 Å². The minimum atomic E-state index is -0.518. The van der Waals surface area contributed by atoms with Crippen LogP contribution in [0, 0.1) is 5.92 Å². The van der Waals surface area contributed by atoms with Crippen LogP contribution in [-0.4, -0.2) is 91.4 Å². The van der Waals surface area contributed by atoms with Gasteiger partial charge >= 0.3 is 0 Å². The van der Waals surface area contributed by atoms with Crippen molar-refractivity contribution < 1.29 is 14.6 Å². The number of hydrogen-bond donors (Lipinski definition) is 5. The number of nitrogens with one attached hydrogen (secondary N) is 3. The molecule has 2 unspecified atom stereocenters. The Balaban J connectivity index is 1.58. The summed E-state index contributed by atoms with van der Waals surface area (Å²) in [5.41, 5.74) is 13.6. The molecule has 6 atom stereocenters. The van der Waals surface area contributed by atoms with Crippen LogP contribution in [0.2, 0.25) is 0 Å². The van der Waals surface area contributed by atoms with Gasteiger partial charge in [0.05, 0.1) is 24.6 Å². The molecule has 3 rings (SSSR count). The monoisotopic (exact) mass is 438 g/mol. The predicted molar refractivity (Wildman–Crippen MR) is 122 cm³/mol. The number of allylic oxidation sites excluding steroid dienone is 1. The van der Waals surface area contributed by atoms with Crippen LogP contribution in [-0.2, 0) is 9.47 Å². The van der Waals surface area contributed by atoms with Crippen molar-refractivity contribution in [1.82, 2.24) is 26.0 Å². The molecule has 0 aromatic carbocycles. The number of ether oxygens (including phenoxy) is 2. The van der Waals surface area contributed by atoms with Crippen molar-refractivity contribution >= 4 is 0 Å². The zero-order valence-corrected chi connectivity index (χ0v) is 19.3. The van der Waals surface area contributed by atoms with Crippen molar-refractivity contribution in [3.63, 3.8) is 0 Å². The molecule has 2 fully saturated rings. The highest BCUT2D eigenvalue weighted by molar-refractivity contribution is 5.11. The molecule has 178 valence electrons. The van der Waals surface area contributed by atoms with Crippen LogP contribution in [0.25, 0.3) is 0 Å². The number of hydrazine groups is 1. The number of fused-ring (bicyclic) bond motifs is 1. The van der Waals surface area contributed by atoms with Crippen molar-refractivity contribution in [2.75, 3.05) is 39.9 Å². The van der Waals surface area contributed by atoms with E-state index >= 15 is 0 Å². The first-order chi connectivity index (χ1) is 14.9. The number of hydrogen-bond acceptors (Lipinski definition) is 9. The van der Waals surface area contributed by atoms with Gasteiger partial charge in [-0.25, -0.2) is 0 Å². The maximum Gasteiger partial charge on any atom is 0.120 e. The van der Waals surface area contributed by atoms with E-state index in [9.17, 15) is 5.11 Å². The van der Waals surface area contributed by atoms with Crippen LogP contribution >= 0.6 is 0 Å². The van der Waals surface area contributed by atoms with Gasteiger partial charge in [-0.3, -0.25) is 20.7 Å². The summed E-state index contributed by atoms with van der Waals surface area (Å²) in [5, 5.41) is 14.0. The summed E-state index contributed by atoms with van der Waals surface area (Å²) < 4.78 is 11.1. The Morgan fingerprint density at radius 1 is 1.39 bits per heavy atom. The van der Waals surface area contributed by atoms with Gasteiger partial charge in [-0.05, 0) is 39.0 Å². The first-order valence-electron chi connectivity index (χ1n) is 11.6. The number of rotatable bonds is 11. The number of methoxy groups -OCH3 is 1. The summed E-state index contributed by atoms with van der Waals surface area (Å²) in [6.07, 6.45) is 6.11. The first-order valence-corrected chi connectivity index (χ1v) is 11.6. The lowest BCUT2D eigenvalue weighted by atomic mass is 9.80. The summed E-state index contributed by atoms with van der Waals surface area (Å²) in [6.45, 7) is 11.5. The van der Waals surface area contributed by atoms with Crippen LogP contribution < -0.4 is 21.9 Å². The largest absolute Gasteiger partial charge is 0.496 e.